The summed E-state index contributed by atoms with van der Waals surface area (Å²) in [5.74, 6) is -0.0428. The molecule has 1 aromatic carbocycles. The third kappa shape index (κ3) is 3.61. The first kappa shape index (κ1) is 18.4. The van der Waals surface area contributed by atoms with Gasteiger partial charge in [-0.1, -0.05) is 36.2 Å². The molecule has 128 valence electrons. The van der Waals surface area contributed by atoms with E-state index in [0.29, 0.717) is 31.6 Å². The molecule has 0 saturated heterocycles. The van der Waals surface area contributed by atoms with Crippen LogP contribution in [0.2, 0.25) is 0 Å². The minimum atomic E-state index is -3.62. The summed E-state index contributed by atoms with van der Waals surface area (Å²) in [5, 5.41) is 0. The molecule has 0 radical (unpaired) electrons. The minimum Gasteiger partial charge on any atom is -0.310 e. The number of unbranched alkanes of at least 4 members (excludes halogenated alkanes) is 1. The predicted octanol–water partition coefficient (Wildman–Crippen LogP) is 3.17. The van der Waals surface area contributed by atoms with Gasteiger partial charge in [0.1, 0.15) is 4.90 Å². The number of carbonyl (C=O) groups excluding carboxylic acids is 1. The smallest absolute Gasteiger partial charge is 0.244 e. The van der Waals surface area contributed by atoms with E-state index in [4.69, 9.17) is 0 Å². The lowest BCUT2D eigenvalue weighted by Crippen LogP contribution is -2.32. The maximum Gasteiger partial charge on any atom is 0.244 e. The summed E-state index contributed by atoms with van der Waals surface area (Å²) in [4.78, 5) is 14.0. The van der Waals surface area contributed by atoms with Crippen molar-refractivity contribution in [3.8, 4) is 0 Å². The Kier molecular flexibility index (Phi) is 5.86. The number of nitrogens with zero attached hydrogens (tertiary/aromatic N) is 2. The normalized spacial score (nSPS) is 14.4. The van der Waals surface area contributed by atoms with Crippen LogP contribution in [0.3, 0.4) is 0 Å². The van der Waals surface area contributed by atoms with E-state index in [-0.39, 0.29) is 10.8 Å². The van der Waals surface area contributed by atoms with E-state index in [1.807, 2.05) is 13.0 Å². The molecule has 2 rings (SSSR count). The Morgan fingerprint density at radius 3 is 2.65 bits per heavy atom. The molecular weight excluding hydrogens is 380 g/mol. The number of carbonyl (C=O) groups is 1. The van der Waals surface area contributed by atoms with Crippen molar-refractivity contribution in [3.63, 3.8) is 0 Å². The summed E-state index contributed by atoms with van der Waals surface area (Å²) >= 11 is 3.40. The summed E-state index contributed by atoms with van der Waals surface area (Å²) in [5.41, 5.74) is 1.46. The quantitative estimate of drug-likeness (QED) is 0.733. The van der Waals surface area contributed by atoms with Crippen LogP contribution in [0.1, 0.15) is 38.7 Å². The molecule has 1 amide bonds. The standard InChI is InChI=1S/C16H23BrN2O3S/c1-4-6-8-18(3)23(21,22)14-11-13(17)10-12-7-9-19(16(12)14)15(20)5-2/h10-11H,4-9H2,1-3H3. The monoisotopic (exact) mass is 402 g/mol. The zero-order valence-corrected chi connectivity index (χ0v) is 16.2. The maximum atomic E-state index is 13.0. The van der Waals surface area contributed by atoms with E-state index in [0.717, 1.165) is 22.9 Å². The van der Waals surface area contributed by atoms with Crippen molar-refractivity contribution in [2.24, 2.45) is 0 Å². The second-order valence-electron chi connectivity index (χ2n) is 5.74. The van der Waals surface area contributed by atoms with Gasteiger partial charge in [0.15, 0.2) is 0 Å². The molecule has 0 bridgehead atoms. The van der Waals surface area contributed by atoms with Gasteiger partial charge in [-0.3, -0.25) is 4.79 Å². The molecule has 0 saturated carbocycles. The number of rotatable bonds is 6. The van der Waals surface area contributed by atoms with Crippen LogP contribution in [-0.2, 0) is 21.2 Å². The van der Waals surface area contributed by atoms with Gasteiger partial charge in [-0.15, -0.1) is 0 Å². The lowest BCUT2D eigenvalue weighted by molar-refractivity contribution is -0.118. The van der Waals surface area contributed by atoms with Gasteiger partial charge in [0.2, 0.25) is 15.9 Å². The average molecular weight is 403 g/mol. The molecule has 0 atom stereocenters. The molecular formula is C16H23BrN2O3S. The van der Waals surface area contributed by atoms with Gasteiger partial charge in [0, 0.05) is 31.0 Å². The number of fused-ring (bicyclic) bond motifs is 1. The molecule has 0 fully saturated rings. The number of amides is 1. The van der Waals surface area contributed by atoms with E-state index in [1.165, 1.54) is 4.31 Å². The van der Waals surface area contributed by atoms with E-state index >= 15 is 0 Å². The third-order valence-corrected chi connectivity index (χ3v) is 6.44. The van der Waals surface area contributed by atoms with Crippen LogP contribution in [0.15, 0.2) is 21.5 Å². The van der Waals surface area contributed by atoms with Crippen LogP contribution in [0, 0.1) is 0 Å². The number of anilines is 1. The fourth-order valence-corrected chi connectivity index (χ4v) is 4.90. The van der Waals surface area contributed by atoms with Gasteiger partial charge < -0.3 is 4.90 Å². The van der Waals surface area contributed by atoms with Crippen molar-refractivity contribution in [1.29, 1.82) is 0 Å². The molecule has 23 heavy (non-hydrogen) atoms. The first-order valence-electron chi connectivity index (χ1n) is 7.92. The molecule has 7 heteroatoms. The van der Waals surface area contributed by atoms with Gasteiger partial charge in [0.05, 0.1) is 5.69 Å². The number of benzene rings is 1. The summed E-state index contributed by atoms with van der Waals surface area (Å²) < 4.78 is 28.1. The molecule has 0 spiro atoms. The van der Waals surface area contributed by atoms with Gasteiger partial charge in [0.25, 0.3) is 0 Å². The van der Waals surface area contributed by atoms with Crippen molar-refractivity contribution >= 4 is 37.5 Å². The molecule has 1 aliphatic heterocycles. The van der Waals surface area contributed by atoms with Crippen molar-refractivity contribution in [2.75, 3.05) is 25.0 Å². The Balaban J connectivity index is 2.53. The van der Waals surface area contributed by atoms with Gasteiger partial charge >= 0.3 is 0 Å². The number of hydrogen-bond acceptors (Lipinski definition) is 3. The maximum absolute atomic E-state index is 13.0. The van der Waals surface area contributed by atoms with Crippen LogP contribution >= 0.6 is 15.9 Å². The van der Waals surface area contributed by atoms with Crippen LogP contribution < -0.4 is 4.90 Å². The lowest BCUT2D eigenvalue weighted by atomic mass is 10.2. The lowest BCUT2D eigenvalue weighted by Gasteiger charge is -2.23. The number of sulfonamides is 1. The molecule has 0 N–H and O–H groups in total. The first-order valence-corrected chi connectivity index (χ1v) is 10.1. The molecule has 0 aromatic heterocycles. The topological polar surface area (TPSA) is 57.7 Å². The minimum absolute atomic E-state index is 0.0428. The van der Waals surface area contributed by atoms with E-state index in [1.54, 1.807) is 24.9 Å². The molecule has 5 nitrogen and oxygen atoms in total. The van der Waals surface area contributed by atoms with E-state index in [2.05, 4.69) is 15.9 Å². The van der Waals surface area contributed by atoms with E-state index in [9.17, 15) is 13.2 Å². The molecule has 0 aliphatic carbocycles. The predicted molar refractivity (Wildman–Crippen MR) is 95.2 cm³/mol. The summed E-state index contributed by atoms with van der Waals surface area (Å²) in [6, 6.07) is 3.52. The third-order valence-electron chi connectivity index (χ3n) is 4.11. The second kappa shape index (κ2) is 7.32. The highest BCUT2D eigenvalue weighted by Gasteiger charge is 2.33. The van der Waals surface area contributed by atoms with Crippen LogP contribution in [-0.4, -0.2) is 38.8 Å². The summed E-state index contributed by atoms with van der Waals surface area (Å²) in [7, 11) is -2.03. The van der Waals surface area contributed by atoms with Gasteiger partial charge in [-0.25, -0.2) is 12.7 Å². The fourth-order valence-electron chi connectivity index (χ4n) is 2.78. The van der Waals surface area contributed by atoms with Crippen molar-refractivity contribution in [1.82, 2.24) is 4.31 Å². The van der Waals surface area contributed by atoms with Crippen LogP contribution in [0.5, 0.6) is 0 Å². The molecule has 1 heterocycles. The zero-order chi connectivity index (χ0) is 17.2. The van der Waals surface area contributed by atoms with Gasteiger partial charge in [-0.05, 0) is 30.5 Å². The summed E-state index contributed by atoms with van der Waals surface area (Å²) in [6.45, 7) is 4.83. The SMILES string of the molecule is CCCCN(C)S(=O)(=O)c1cc(Br)cc2c1N(C(=O)CC)CC2. The molecule has 0 unspecified atom stereocenters. The molecule has 1 aromatic rings. The van der Waals surface area contributed by atoms with Crippen molar-refractivity contribution in [3.05, 3.63) is 22.2 Å². The number of halogens is 1. The zero-order valence-electron chi connectivity index (χ0n) is 13.8. The number of hydrogen-bond donors (Lipinski definition) is 0. The highest BCUT2D eigenvalue weighted by molar-refractivity contribution is 9.10. The fraction of sp³-hybridized carbons (Fsp3) is 0.562. The van der Waals surface area contributed by atoms with Gasteiger partial charge in [-0.2, -0.15) is 0 Å². The summed E-state index contributed by atoms with van der Waals surface area (Å²) in [6.07, 6.45) is 2.78. The Labute approximate surface area is 146 Å². The van der Waals surface area contributed by atoms with Crippen molar-refractivity contribution in [2.45, 2.75) is 44.4 Å². The molecule has 1 aliphatic rings. The highest BCUT2D eigenvalue weighted by atomic mass is 79.9. The van der Waals surface area contributed by atoms with Crippen LogP contribution in [0.4, 0.5) is 5.69 Å². The Morgan fingerprint density at radius 2 is 2.04 bits per heavy atom. The Hall–Kier alpha value is -0.920. The second-order valence-corrected chi connectivity index (χ2v) is 8.67. The largest absolute Gasteiger partial charge is 0.310 e. The highest BCUT2D eigenvalue weighted by Crippen LogP contribution is 2.38. The first-order chi connectivity index (χ1) is 10.8. The van der Waals surface area contributed by atoms with Crippen molar-refractivity contribution < 1.29 is 13.2 Å². The Morgan fingerprint density at radius 1 is 1.35 bits per heavy atom. The average Bonchev–Trinajstić information content (AvgIpc) is 2.94. The van der Waals surface area contributed by atoms with Crippen LogP contribution in [0.25, 0.3) is 0 Å². The van der Waals surface area contributed by atoms with E-state index < -0.39 is 10.0 Å². The Bertz CT molecular complexity index is 704.